The van der Waals surface area contributed by atoms with E-state index in [4.69, 9.17) is 21.1 Å². The molecule has 1 saturated heterocycles. The van der Waals surface area contributed by atoms with E-state index >= 15 is 0 Å². The Labute approximate surface area is 179 Å². The molecular formula is C19H21ClN2O5S2. The maximum absolute atomic E-state index is 13.0. The summed E-state index contributed by atoms with van der Waals surface area (Å²) in [5, 5.41) is 3.01. The molecular weight excluding hydrogens is 436 g/mol. The van der Waals surface area contributed by atoms with Gasteiger partial charge in [0.2, 0.25) is 10.0 Å². The van der Waals surface area contributed by atoms with E-state index in [9.17, 15) is 13.2 Å². The lowest BCUT2D eigenvalue weighted by Crippen LogP contribution is -2.40. The Morgan fingerprint density at radius 2 is 2.00 bits per heavy atom. The number of carbonyl (C=O) groups excluding carboxylic acids is 1. The lowest BCUT2D eigenvalue weighted by atomic mass is 10.3. The molecule has 0 unspecified atom stereocenters. The summed E-state index contributed by atoms with van der Waals surface area (Å²) < 4.78 is 38.1. The second-order valence-corrected chi connectivity index (χ2v) is 9.40. The Kier molecular flexibility index (Phi) is 7.42. The molecule has 0 saturated carbocycles. The first-order valence-electron chi connectivity index (χ1n) is 8.84. The molecule has 0 aromatic heterocycles. The van der Waals surface area contributed by atoms with Crippen LogP contribution in [-0.4, -0.2) is 57.8 Å². The molecule has 2 aromatic carbocycles. The first-order valence-corrected chi connectivity index (χ1v) is 11.9. The third kappa shape index (κ3) is 5.64. The number of anilines is 1. The van der Waals surface area contributed by atoms with Gasteiger partial charge in [-0.3, -0.25) is 4.79 Å². The number of nitrogens with zero attached hydrogens (tertiary/aromatic N) is 1. The number of sulfonamides is 1. The van der Waals surface area contributed by atoms with Gasteiger partial charge in [0, 0.05) is 28.7 Å². The Balaban J connectivity index is 1.73. The molecule has 0 spiro atoms. The zero-order valence-electron chi connectivity index (χ0n) is 15.8. The summed E-state index contributed by atoms with van der Waals surface area (Å²) in [5.41, 5.74) is 0.641. The molecule has 1 aliphatic rings. The van der Waals surface area contributed by atoms with Crippen molar-refractivity contribution in [3.8, 4) is 5.75 Å². The van der Waals surface area contributed by atoms with Gasteiger partial charge in [0.25, 0.3) is 5.91 Å². The summed E-state index contributed by atoms with van der Waals surface area (Å²) in [5.74, 6) is -0.318. The summed E-state index contributed by atoms with van der Waals surface area (Å²) >= 11 is 7.58. The van der Waals surface area contributed by atoms with Crippen LogP contribution in [0.5, 0.6) is 5.75 Å². The van der Waals surface area contributed by atoms with E-state index in [1.165, 1.54) is 22.5 Å². The Bertz CT molecular complexity index is 978. The number of thioether (sulfide) groups is 1. The fourth-order valence-electron chi connectivity index (χ4n) is 2.77. The van der Waals surface area contributed by atoms with E-state index in [2.05, 4.69) is 5.32 Å². The predicted molar refractivity (Wildman–Crippen MR) is 113 cm³/mol. The largest absolute Gasteiger partial charge is 0.482 e. The maximum atomic E-state index is 13.0. The average Bonchev–Trinajstić information content (AvgIpc) is 2.73. The SMILES string of the molecule is CSc1cccc(NC(=O)COc2ccc(Cl)cc2S(=O)(=O)N2CCOCC2)c1. The lowest BCUT2D eigenvalue weighted by Gasteiger charge is -2.26. The number of ether oxygens (including phenoxy) is 2. The number of nitrogens with one attached hydrogen (secondary N) is 1. The van der Waals surface area contributed by atoms with Crippen molar-refractivity contribution in [3.63, 3.8) is 0 Å². The minimum atomic E-state index is -3.82. The molecule has 0 atom stereocenters. The first-order chi connectivity index (χ1) is 13.9. The molecule has 0 aliphatic carbocycles. The minimum absolute atomic E-state index is 0.0657. The van der Waals surface area contributed by atoms with Crippen LogP contribution in [0.4, 0.5) is 5.69 Å². The van der Waals surface area contributed by atoms with Crippen LogP contribution >= 0.6 is 23.4 Å². The number of halogens is 1. The number of rotatable bonds is 7. The fraction of sp³-hybridized carbons (Fsp3) is 0.316. The van der Waals surface area contributed by atoms with Gasteiger partial charge in [-0.1, -0.05) is 17.7 Å². The van der Waals surface area contributed by atoms with Gasteiger partial charge in [0.1, 0.15) is 10.6 Å². The minimum Gasteiger partial charge on any atom is -0.482 e. The zero-order chi connectivity index (χ0) is 20.9. The number of amides is 1. The summed E-state index contributed by atoms with van der Waals surface area (Å²) in [6.07, 6.45) is 1.95. The number of hydrogen-bond donors (Lipinski definition) is 1. The lowest BCUT2D eigenvalue weighted by molar-refractivity contribution is -0.118. The molecule has 3 rings (SSSR count). The van der Waals surface area contributed by atoms with Crippen molar-refractivity contribution >= 4 is 45.0 Å². The van der Waals surface area contributed by atoms with Crippen molar-refractivity contribution in [3.05, 3.63) is 47.5 Å². The van der Waals surface area contributed by atoms with E-state index in [1.54, 1.807) is 17.8 Å². The maximum Gasteiger partial charge on any atom is 0.262 e. The van der Waals surface area contributed by atoms with Crippen LogP contribution < -0.4 is 10.1 Å². The van der Waals surface area contributed by atoms with E-state index in [0.717, 1.165) is 4.90 Å². The first kappa shape index (κ1) is 21.9. The van der Waals surface area contributed by atoms with Crippen LogP contribution in [0.3, 0.4) is 0 Å². The highest BCUT2D eigenvalue weighted by Gasteiger charge is 2.29. The highest BCUT2D eigenvalue weighted by molar-refractivity contribution is 7.98. The van der Waals surface area contributed by atoms with Gasteiger partial charge in [-0.15, -0.1) is 11.8 Å². The highest BCUT2D eigenvalue weighted by Crippen LogP contribution is 2.30. The molecule has 1 N–H and O–H groups in total. The van der Waals surface area contributed by atoms with Crippen LogP contribution in [0.1, 0.15) is 0 Å². The summed E-state index contributed by atoms with van der Waals surface area (Å²) in [6.45, 7) is 0.818. The molecule has 7 nitrogen and oxygen atoms in total. The number of carbonyl (C=O) groups is 1. The number of benzene rings is 2. The quantitative estimate of drug-likeness (QED) is 0.644. The number of hydrogen-bond acceptors (Lipinski definition) is 6. The van der Waals surface area contributed by atoms with Crippen molar-refractivity contribution < 1.29 is 22.7 Å². The van der Waals surface area contributed by atoms with Gasteiger partial charge in [0.15, 0.2) is 6.61 Å². The fourth-order valence-corrected chi connectivity index (χ4v) is 5.03. The summed E-state index contributed by atoms with van der Waals surface area (Å²) in [6, 6.07) is 11.7. The van der Waals surface area contributed by atoms with Crippen LogP contribution in [0, 0.1) is 0 Å². The van der Waals surface area contributed by atoms with Gasteiger partial charge in [-0.25, -0.2) is 8.42 Å². The van der Waals surface area contributed by atoms with Gasteiger partial charge in [0.05, 0.1) is 13.2 Å². The molecule has 156 valence electrons. The van der Waals surface area contributed by atoms with E-state index < -0.39 is 15.9 Å². The molecule has 2 aromatic rings. The second kappa shape index (κ2) is 9.82. The van der Waals surface area contributed by atoms with E-state index in [0.29, 0.717) is 18.9 Å². The normalized spacial score (nSPS) is 15.1. The van der Waals surface area contributed by atoms with Gasteiger partial charge in [-0.2, -0.15) is 4.31 Å². The van der Waals surface area contributed by atoms with Gasteiger partial charge in [-0.05, 0) is 42.7 Å². The summed E-state index contributed by atoms with van der Waals surface area (Å²) in [7, 11) is -3.82. The monoisotopic (exact) mass is 456 g/mol. The third-order valence-corrected chi connectivity index (χ3v) is 7.09. The van der Waals surface area contributed by atoms with Crippen molar-refractivity contribution in [1.82, 2.24) is 4.31 Å². The predicted octanol–water partition coefficient (Wildman–Crippen LogP) is 3.10. The van der Waals surface area contributed by atoms with Crippen LogP contribution in [0.25, 0.3) is 0 Å². The Morgan fingerprint density at radius 1 is 1.24 bits per heavy atom. The van der Waals surface area contributed by atoms with Crippen molar-refractivity contribution in [2.24, 2.45) is 0 Å². The van der Waals surface area contributed by atoms with Crippen LogP contribution in [0.15, 0.2) is 52.3 Å². The molecule has 1 heterocycles. The van der Waals surface area contributed by atoms with E-state index in [1.807, 2.05) is 24.5 Å². The average molecular weight is 457 g/mol. The van der Waals surface area contributed by atoms with Crippen LogP contribution in [0.2, 0.25) is 5.02 Å². The van der Waals surface area contributed by atoms with Gasteiger partial charge >= 0.3 is 0 Å². The molecule has 1 aliphatic heterocycles. The summed E-state index contributed by atoms with van der Waals surface area (Å²) in [4.78, 5) is 13.2. The zero-order valence-corrected chi connectivity index (χ0v) is 18.1. The Hall–Kier alpha value is -1.78. The Morgan fingerprint density at radius 3 is 2.72 bits per heavy atom. The van der Waals surface area contributed by atoms with Crippen molar-refractivity contribution in [2.75, 3.05) is 44.5 Å². The molecule has 29 heavy (non-hydrogen) atoms. The third-order valence-electron chi connectivity index (χ3n) is 4.21. The standard InChI is InChI=1S/C19H21ClN2O5S2/c1-28-16-4-2-3-15(12-16)21-19(23)13-27-17-6-5-14(20)11-18(17)29(24,25)22-7-9-26-10-8-22/h2-6,11-12H,7-10,13H2,1H3,(H,21,23). The molecule has 0 radical (unpaired) electrons. The van der Waals surface area contributed by atoms with Gasteiger partial charge < -0.3 is 14.8 Å². The number of morpholine rings is 1. The molecule has 0 bridgehead atoms. The second-order valence-electron chi connectivity index (χ2n) is 6.18. The highest BCUT2D eigenvalue weighted by atomic mass is 35.5. The molecule has 1 fully saturated rings. The molecule has 1 amide bonds. The van der Waals surface area contributed by atoms with Crippen molar-refractivity contribution in [2.45, 2.75) is 9.79 Å². The smallest absolute Gasteiger partial charge is 0.262 e. The van der Waals surface area contributed by atoms with Crippen LogP contribution in [-0.2, 0) is 19.6 Å². The van der Waals surface area contributed by atoms with Crippen molar-refractivity contribution in [1.29, 1.82) is 0 Å². The topological polar surface area (TPSA) is 84.9 Å². The molecule has 10 heteroatoms. The van der Waals surface area contributed by atoms with E-state index in [-0.39, 0.29) is 35.4 Å².